The van der Waals surface area contributed by atoms with E-state index in [4.69, 9.17) is 4.74 Å². The Morgan fingerprint density at radius 2 is 1.96 bits per heavy atom. The van der Waals surface area contributed by atoms with Gasteiger partial charge in [0.05, 0.1) is 6.04 Å². The average molecular weight is 357 g/mol. The van der Waals surface area contributed by atoms with Gasteiger partial charge in [0.1, 0.15) is 6.61 Å². The van der Waals surface area contributed by atoms with Crippen LogP contribution in [0.15, 0.2) is 42.0 Å². The number of fused-ring (bicyclic) bond motifs is 2. The van der Waals surface area contributed by atoms with Crippen LogP contribution in [-0.4, -0.2) is 47.6 Å². The smallest absolute Gasteiger partial charge is 0.410 e. The Kier molecular flexibility index (Phi) is 6.73. The van der Waals surface area contributed by atoms with Gasteiger partial charge in [-0.15, -0.1) is 0 Å². The van der Waals surface area contributed by atoms with Crippen molar-refractivity contribution in [2.75, 3.05) is 19.6 Å². The molecule has 1 saturated heterocycles. The lowest BCUT2D eigenvalue weighted by atomic mass is 9.84. The number of nitrogens with zero attached hydrogens (tertiary/aromatic N) is 2. The van der Waals surface area contributed by atoms with Gasteiger partial charge in [-0.1, -0.05) is 55.8 Å². The highest BCUT2D eigenvalue weighted by molar-refractivity contribution is 5.69. The Morgan fingerprint density at radius 3 is 2.65 bits per heavy atom. The molecule has 2 unspecified atom stereocenters. The molecule has 3 rings (SSSR count). The molecule has 4 nitrogen and oxygen atoms in total. The van der Waals surface area contributed by atoms with Gasteiger partial charge in [-0.05, 0) is 50.8 Å². The summed E-state index contributed by atoms with van der Waals surface area (Å²) in [4.78, 5) is 17.2. The Labute approximate surface area is 157 Å². The predicted molar refractivity (Wildman–Crippen MR) is 105 cm³/mol. The van der Waals surface area contributed by atoms with E-state index in [1.165, 1.54) is 12.0 Å². The van der Waals surface area contributed by atoms with E-state index in [-0.39, 0.29) is 12.1 Å². The largest absolute Gasteiger partial charge is 0.445 e. The first-order valence-corrected chi connectivity index (χ1v) is 10.1. The van der Waals surface area contributed by atoms with E-state index < -0.39 is 0 Å². The maximum absolute atomic E-state index is 12.7. The molecule has 1 aromatic rings. The fourth-order valence-corrected chi connectivity index (χ4v) is 4.22. The summed E-state index contributed by atoms with van der Waals surface area (Å²) in [7, 11) is 0. The molecule has 2 aliphatic heterocycles. The molecular formula is C22H32N2O2. The molecule has 4 heteroatoms. The van der Waals surface area contributed by atoms with Gasteiger partial charge < -0.3 is 9.64 Å². The molecule has 0 N–H and O–H groups in total. The Bertz CT molecular complexity index is 610. The van der Waals surface area contributed by atoms with Crippen LogP contribution in [0.5, 0.6) is 0 Å². The minimum atomic E-state index is -0.150. The molecule has 2 aliphatic rings. The average Bonchev–Trinajstić information content (AvgIpc) is 2.67. The summed E-state index contributed by atoms with van der Waals surface area (Å²) < 4.78 is 5.62. The van der Waals surface area contributed by atoms with Gasteiger partial charge in [-0.2, -0.15) is 0 Å². The number of piperidine rings is 1. The molecule has 2 bridgehead atoms. The van der Waals surface area contributed by atoms with Crippen molar-refractivity contribution in [2.45, 2.75) is 64.6 Å². The third kappa shape index (κ3) is 4.67. The number of ether oxygens (including phenoxy) is 1. The van der Waals surface area contributed by atoms with Crippen molar-refractivity contribution in [1.82, 2.24) is 9.80 Å². The molecule has 1 fully saturated rings. The fourth-order valence-electron chi connectivity index (χ4n) is 4.22. The summed E-state index contributed by atoms with van der Waals surface area (Å²) in [6, 6.07) is 10.5. The quantitative estimate of drug-likeness (QED) is 0.669. The van der Waals surface area contributed by atoms with Crippen LogP contribution in [0.3, 0.4) is 0 Å². The minimum Gasteiger partial charge on any atom is -0.445 e. The van der Waals surface area contributed by atoms with Gasteiger partial charge in [0, 0.05) is 12.6 Å². The van der Waals surface area contributed by atoms with Crippen LogP contribution in [0.25, 0.3) is 0 Å². The summed E-state index contributed by atoms with van der Waals surface area (Å²) in [5.74, 6) is 0. The first-order chi connectivity index (χ1) is 12.7. The van der Waals surface area contributed by atoms with Crippen LogP contribution < -0.4 is 0 Å². The second kappa shape index (κ2) is 9.22. The summed E-state index contributed by atoms with van der Waals surface area (Å²) in [5, 5.41) is 0. The van der Waals surface area contributed by atoms with E-state index in [1.807, 2.05) is 35.2 Å². The van der Waals surface area contributed by atoms with Crippen LogP contribution in [0.1, 0.15) is 51.5 Å². The van der Waals surface area contributed by atoms with Gasteiger partial charge in [-0.3, -0.25) is 4.90 Å². The maximum Gasteiger partial charge on any atom is 0.410 e. The first-order valence-electron chi connectivity index (χ1n) is 10.1. The van der Waals surface area contributed by atoms with Crippen LogP contribution >= 0.6 is 0 Å². The third-order valence-electron chi connectivity index (χ3n) is 5.77. The minimum absolute atomic E-state index is 0.150. The van der Waals surface area contributed by atoms with Crippen molar-refractivity contribution in [2.24, 2.45) is 0 Å². The summed E-state index contributed by atoms with van der Waals surface area (Å²) in [6.45, 7) is 8.13. The lowest BCUT2D eigenvalue weighted by Crippen LogP contribution is -2.52. The number of hydrogen-bond acceptors (Lipinski definition) is 3. The van der Waals surface area contributed by atoms with E-state index in [1.54, 1.807) is 0 Å². The topological polar surface area (TPSA) is 32.8 Å². The number of rotatable bonds is 7. The molecule has 0 radical (unpaired) electrons. The van der Waals surface area contributed by atoms with Crippen LogP contribution in [0, 0.1) is 0 Å². The zero-order valence-electron chi connectivity index (χ0n) is 16.2. The van der Waals surface area contributed by atoms with Crippen molar-refractivity contribution in [3.05, 3.63) is 47.5 Å². The lowest BCUT2D eigenvalue weighted by Gasteiger charge is -2.44. The summed E-state index contributed by atoms with van der Waals surface area (Å²) in [5.41, 5.74) is 2.57. The lowest BCUT2D eigenvalue weighted by molar-refractivity contribution is 0.0478. The summed E-state index contributed by atoms with van der Waals surface area (Å²) in [6.07, 6.45) is 7.70. The number of amides is 1. The zero-order valence-corrected chi connectivity index (χ0v) is 16.2. The fraction of sp³-hybridized carbons (Fsp3) is 0.591. The molecule has 2 heterocycles. The van der Waals surface area contributed by atoms with Gasteiger partial charge in [0.15, 0.2) is 0 Å². The van der Waals surface area contributed by atoms with E-state index in [0.29, 0.717) is 12.6 Å². The molecule has 0 saturated carbocycles. The molecular weight excluding hydrogens is 324 g/mol. The SMILES string of the molecule is CCN(CC)CCC1=CC2CCCC(C1)N2C(=O)OCc1ccccc1. The van der Waals surface area contributed by atoms with Crippen LogP contribution in [-0.2, 0) is 11.3 Å². The second-order valence-corrected chi connectivity index (χ2v) is 7.41. The molecule has 2 atom stereocenters. The van der Waals surface area contributed by atoms with Gasteiger partial charge in [0.25, 0.3) is 0 Å². The highest BCUT2D eigenvalue weighted by atomic mass is 16.6. The number of carbonyl (C=O) groups excluding carboxylic acids is 1. The maximum atomic E-state index is 12.7. The van der Waals surface area contributed by atoms with Gasteiger partial charge in [0.2, 0.25) is 0 Å². The van der Waals surface area contributed by atoms with Crippen molar-refractivity contribution in [3.8, 4) is 0 Å². The van der Waals surface area contributed by atoms with Crippen molar-refractivity contribution in [1.29, 1.82) is 0 Å². The highest BCUT2D eigenvalue weighted by Crippen LogP contribution is 2.35. The Morgan fingerprint density at radius 1 is 1.19 bits per heavy atom. The molecule has 1 aromatic carbocycles. The van der Waals surface area contributed by atoms with E-state index in [9.17, 15) is 4.79 Å². The molecule has 26 heavy (non-hydrogen) atoms. The third-order valence-corrected chi connectivity index (χ3v) is 5.77. The number of carbonyl (C=O) groups is 1. The number of hydrogen-bond donors (Lipinski definition) is 0. The van der Waals surface area contributed by atoms with Crippen molar-refractivity contribution < 1.29 is 9.53 Å². The molecule has 0 aliphatic carbocycles. The van der Waals surface area contributed by atoms with Crippen molar-refractivity contribution >= 4 is 6.09 Å². The van der Waals surface area contributed by atoms with Crippen LogP contribution in [0.2, 0.25) is 0 Å². The monoisotopic (exact) mass is 356 g/mol. The van der Waals surface area contributed by atoms with Gasteiger partial charge >= 0.3 is 6.09 Å². The zero-order chi connectivity index (χ0) is 18.4. The Hall–Kier alpha value is -1.81. The molecule has 142 valence electrons. The second-order valence-electron chi connectivity index (χ2n) is 7.41. The Balaban J connectivity index is 1.59. The predicted octanol–water partition coefficient (Wildman–Crippen LogP) is 4.61. The first kappa shape index (κ1) is 19.0. The summed E-state index contributed by atoms with van der Waals surface area (Å²) >= 11 is 0. The van der Waals surface area contributed by atoms with Gasteiger partial charge in [-0.25, -0.2) is 4.79 Å². The molecule has 0 spiro atoms. The van der Waals surface area contributed by atoms with E-state index in [0.717, 1.165) is 50.9 Å². The molecule has 1 amide bonds. The standard InChI is InChI=1S/C22H32N2O2/c1-3-23(4-2)14-13-19-15-20-11-8-12-21(16-19)24(20)22(25)26-17-18-9-6-5-7-10-18/h5-7,9-10,15,20-21H,3-4,8,11-14,16-17H2,1-2H3. The van der Waals surface area contributed by atoms with E-state index >= 15 is 0 Å². The normalized spacial score (nSPS) is 22.3. The van der Waals surface area contributed by atoms with Crippen molar-refractivity contribution in [3.63, 3.8) is 0 Å². The number of benzene rings is 1. The van der Waals surface area contributed by atoms with E-state index in [2.05, 4.69) is 24.8 Å². The molecule has 0 aromatic heterocycles. The highest BCUT2D eigenvalue weighted by Gasteiger charge is 2.37. The van der Waals surface area contributed by atoms with Crippen LogP contribution in [0.4, 0.5) is 4.79 Å².